The quantitative estimate of drug-likeness (QED) is 0.780. The molecule has 2 heterocycles. The highest BCUT2D eigenvalue weighted by Crippen LogP contribution is 2.24. The number of nitrogens with zero attached hydrogens (tertiary/aromatic N) is 5. The summed E-state index contributed by atoms with van der Waals surface area (Å²) in [4.78, 5) is 14.6. The van der Waals surface area contributed by atoms with E-state index in [1.165, 1.54) is 18.2 Å². The molecule has 2 aromatic rings. The normalized spacial score (nSPS) is 17.9. The van der Waals surface area contributed by atoms with Gasteiger partial charge in [0.2, 0.25) is 11.1 Å². The van der Waals surface area contributed by atoms with Crippen molar-refractivity contribution < 1.29 is 4.79 Å². The Bertz CT molecular complexity index is 702. The number of aromatic nitrogens is 4. The second-order valence-corrected chi connectivity index (χ2v) is 7.04. The van der Waals surface area contributed by atoms with Crippen molar-refractivity contribution in [1.29, 1.82) is 0 Å². The molecule has 0 saturated carbocycles. The summed E-state index contributed by atoms with van der Waals surface area (Å²) in [5.74, 6) is 0.564. The van der Waals surface area contributed by atoms with Crippen molar-refractivity contribution in [3.8, 4) is 5.69 Å². The van der Waals surface area contributed by atoms with E-state index in [1.54, 1.807) is 4.68 Å². The van der Waals surface area contributed by atoms with E-state index in [0.29, 0.717) is 17.0 Å². The third-order valence-electron chi connectivity index (χ3n) is 4.53. The fraction of sp³-hybridized carbons (Fsp3) is 0.529. The first kappa shape index (κ1) is 17.0. The maximum atomic E-state index is 12.6. The second kappa shape index (κ2) is 7.79. The number of likely N-dealkylation sites (tertiary alicyclic amines) is 1. The molecular formula is C17H23N5OS. The molecular weight excluding hydrogens is 322 g/mol. The lowest BCUT2D eigenvalue weighted by atomic mass is 10.0. The highest BCUT2D eigenvalue weighted by atomic mass is 32.2. The number of rotatable bonds is 5. The molecule has 0 spiro atoms. The summed E-state index contributed by atoms with van der Waals surface area (Å²) in [6.07, 6.45) is 4.47. The Morgan fingerprint density at radius 1 is 1.33 bits per heavy atom. The van der Waals surface area contributed by atoms with E-state index in [-0.39, 0.29) is 5.91 Å². The van der Waals surface area contributed by atoms with Gasteiger partial charge in [0.1, 0.15) is 0 Å². The molecule has 1 aromatic carbocycles. The monoisotopic (exact) mass is 345 g/mol. The number of para-hydroxylation sites is 1. The molecule has 1 aliphatic rings. The van der Waals surface area contributed by atoms with E-state index in [0.717, 1.165) is 37.1 Å². The molecule has 1 atom stereocenters. The highest BCUT2D eigenvalue weighted by molar-refractivity contribution is 7.99. The van der Waals surface area contributed by atoms with Gasteiger partial charge in [-0.05, 0) is 54.7 Å². The molecule has 7 heteroatoms. The van der Waals surface area contributed by atoms with Gasteiger partial charge in [0.15, 0.2) is 0 Å². The number of benzene rings is 1. The van der Waals surface area contributed by atoms with Crippen LogP contribution in [-0.2, 0) is 4.79 Å². The van der Waals surface area contributed by atoms with Crippen LogP contribution in [0, 0.1) is 6.92 Å². The summed E-state index contributed by atoms with van der Waals surface area (Å²) in [6.45, 7) is 5.05. The van der Waals surface area contributed by atoms with Crippen LogP contribution in [0.2, 0.25) is 0 Å². The lowest BCUT2D eigenvalue weighted by Gasteiger charge is -2.35. The molecule has 0 aliphatic carbocycles. The Balaban J connectivity index is 1.68. The number of hydrogen-bond acceptors (Lipinski definition) is 5. The smallest absolute Gasteiger partial charge is 0.233 e. The maximum absolute atomic E-state index is 12.6. The van der Waals surface area contributed by atoms with E-state index in [1.807, 2.05) is 36.1 Å². The molecule has 1 saturated heterocycles. The molecule has 0 bridgehead atoms. The third kappa shape index (κ3) is 3.61. The minimum absolute atomic E-state index is 0.186. The number of amides is 1. The van der Waals surface area contributed by atoms with Crippen molar-refractivity contribution in [2.45, 2.75) is 50.7 Å². The number of carbonyl (C=O) groups excluding carboxylic acids is 1. The second-order valence-electron chi connectivity index (χ2n) is 6.09. The van der Waals surface area contributed by atoms with Gasteiger partial charge in [-0.2, -0.15) is 4.68 Å². The van der Waals surface area contributed by atoms with Gasteiger partial charge in [-0.1, -0.05) is 36.9 Å². The molecule has 1 aliphatic heterocycles. The molecule has 1 amide bonds. The maximum Gasteiger partial charge on any atom is 0.233 e. The molecule has 0 N–H and O–H groups in total. The molecule has 0 radical (unpaired) electrons. The first-order valence-electron chi connectivity index (χ1n) is 8.47. The van der Waals surface area contributed by atoms with Crippen LogP contribution in [-0.4, -0.2) is 49.4 Å². The minimum atomic E-state index is 0.186. The van der Waals surface area contributed by atoms with Crippen molar-refractivity contribution in [3.63, 3.8) is 0 Å². The van der Waals surface area contributed by atoms with Crippen LogP contribution in [0.3, 0.4) is 0 Å². The Morgan fingerprint density at radius 3 is 2.96 bits per heavy atom. The molecule has 1 aromatic heterocycles. The molecule has 128 valence electrons. The molecule has 24 heavy (non-hydrogen) atoms. The number of hydrogen-bond donors (Lipinski definition) is 0. The van der Waals surface area contributed by atoms with Crippen LogP contribution in [0.4, 0.5) is 0 Å². The largest absolute Gasteiger partial charge is 0.339 e. The van der Waals surface area contributed by atoms with Gasteiger partial charge in [0.05, 0.1) is 11.4 Å². The SMILES string of the molecule is CCC1CCCCN1C(=O)CSc1nnnn1-c1ccccc1C. The molecule has 1 fully saturated rings. The van der Waals surface area contributed by atoms with Crippen LogP contribution in [0.15, 0.2) is 29.4 Å². The Morgan fingerprint density at radius 2 is 2.17 bits per heavy atom. The van der Waals surface area contributed by atoms with Gasteiger partial charge >= 0.3 is 0 Å². The van der Waals surface area contributed by atoms with Crippen molar-refractivity contribution in [3.05, 3.63) is 29.8 Å². The van der Waals surface area contributed by atoms with E-state index in [2.05, 4.69) is 22.4 Å². The summed E-state index contributed by atoms with van der Waals surface area (Å²) in [5.41, 5.74) is 2.04. The van der Waals surface area contributed by atoms with Crippen LogP contribution in [0.1, 0.15) is 38.2 Å². The molecule has 3 rings (SSSR count). The number of aryl methyl sites for hydroxylation is 1. The number of thioether (sulfide) groups is 1. The van der Waals surface area contributed by atoms with Crippen LogP contribution in [0.25, 0.3) is 5.69 Å². The molecule has 1 unspecified atom stereocenters. The van der Waals surface area contributed by atoms with Crippen molar-refractivity contribution in [2.24, 2.45) is 0 Å². The third-order valence-corrected chi connectivity index (χ3v) is 5.43. The van der Waals surface area contributed by atoms with Crippen molar-refractivity contribution >= 4 is 17.7 Å². The highest BCUT2D eigenvalue weighted by Gasteiger charge is 2.25. The fourth-order valence-electron chi connectivity index (χ4n) is 3.18. The van der Waals surface area contributed by atoms with E-state index in [4.69, 9.17) is 0 Å². The zero-order chi connectivity index (χ0) is 16.9. The first-order valence-corrected chi connectivity index (χ1v) is 9.46. The standard InChI is InChI=1S/C17H23N5OS/c1-3-14-9-6-7-11-21(14)16(23)12-24-17-18-19-20-22(17)15-10-5-4-8-13(15)2/h4-5,8,10,14H,3,6-7,9,11-12H2,1-2H3. The number of tetrazole rings is 1. The number of piperidine rings is 1. The topological polar surface area (TPSA) is 63.9 Å². The van der Waals surface area contributed by atoms with Gasteiger partial charge < -0.3 is 4.90 Å². The summed E-state index contributed by atoms with van der Waals surface area (Å²) in [6, 6.07) is 8.34. The van der Waals surface area contributed by atoms with Crippen LogP contribution in [0.5, 0.6) is 0 Å². The average molecular weight is 345 g/mol. The Kier molecular flexibility index (Phi) is 5.50. The van der Waals surface area contributed by atoms with Crippen molar-refractivity contribution in [1.82, 2.24) is 25.1 Å². The van der Waals surface area contributed by atoms with Gasteiger partial charge in [-0.3, -0.25) is 4.79 Å². The zero-order valence-electron chi connectivity index (χ0n) is 14.2. The van der Waals surface area contributed by atoms with Gasteiger partial charge in [-0.25, -0.2) is 0 Å². The summed E-state index contributed by atoms with van der Waals surface area (Å²) < 4.78 is 1.71. The van der Waals surface area contributed by atoms with E-state index < -0.39 is 0 Å². The average Bonchev–Trinajstić information content (AvgIpc) is 3.08. The Hall–Kier alpha value is -1.89. The van der Waals surface area contributed by atoms with Gasteiger partial charge in [-0.15, -0.1) is 5.10 Å². The lowest BCUT2D eigenvalue weighted by Crippen LogP contribution is -2.44. The lowest BCUT2D eigenvalue weighted by molar-refractivity contribution is -0.132. The predicted octanol–water partition coefficient (Wildman–Crippen LogP) is 2.85. The fourth-order valence-corrected chi connectivity index (χ4v) is 3.95. The summed E-state index contributed by atoms with van der Waals surface area (Å²) >= 11 is 1.41. The molecule has 6 nitrogen and oxygen atoms in total. The Labute approximate surface area is 146 Å². The summed E-state index contributed by atoms with van der Waals surface area (Å²) in [7, 11) is 0. The predicted molar refractivity (Wildman–Crippen MR) is 94.3 cm³/mol. The van der Waals surface area contributed by atoms with E-state index >= 15 is 0 Å². The van der Waals surface area contributed by atoms with Gasteiger partial charge in [0, 0.05) is 12.6 Å². The van der Waals surface area contributed by atoms with Crippen molar-refractivity contribution in [2.75, 3.05) is 12.3 Å². The zero-order valence-corrected chi connectivity index (χ0v) is 15.0. The van der Waals surface area contributed by atoms with E-state index in [9.17, 15) is 4.79 Å². The summed E-state index contributed by atoms with van der Waals surface area (Å²) in [5, 5.41) is 12.6. The van der Waals surface area contributed by atoms with Crippen LogP contribution < -0.4 is 0 Å². The van der Waals surface area contributed by atoms with Crippen LogP contribution >= 0.6 is 11.8 Å². The first-order chi connectivity index (χ1) is 11.7. The van der Waals surface area contributed by atoms with Gasteiger partial charge in [0.25, 0.3) is 0 Å². The minimum Gasteiger partial charge on any atom is -0.339 e. The number of carbonyl (C=O) groups is 1.